The first kappa shape index (κ1) is 8.94. The molecular weight excluding hydrogens is 224 g/mol. The van der Waals surface area contributed by atoms with Gasteiger partial charge in [-0.1, -0.05) is 13.0 Å². The highest BCUT2D eigenvalue weighted by molar-refractivity contribution is 9.10. The topological polar surface area (TPSA) is 20.2 Å². The van der Waals surface area contributed by atoms with Gasteiger partial charge in [0.2, 0.25) is 0 Å². The van der Waals surface area contributed by atoms with E-state index in [4.69, 9.17) is 0 Å². The molecule has 1 aromatic carbocycles. The zero-order valence-corrected chi connectivity index (χ0v) is 8.58. The number of benzene rings is 1. The molecule has 3 heteroatoms. The average Bonchev–Trinajstić information content (AvgIpc) is 1.99. The summed E-state index contributed by atoms with van der Waals surface area (Å²) in [6.07, 6.45) is 0. The first-order chi connectivity index (χ1) is 5.25. The smallest absolute Gasteiger partial charge is 0.130 e. The first-order valence-electron chi connectivity index (χ1n) is 3.36. The molecule has 11 heavy (non-hydrogen) atoms. The molecule has 1 nitrogen and oxygen atoms in total. The van der Waals surface area contributed by atoms with Crippen LogP contribution in [-0.4, -0.2) is 10.9 Å². The van der Waals surface area contributed by atoms with E-state index < -0.39 is 0 Å². The van der Waals surface area contributed by atoms with Crippen LogP contribution in [0, 0.1) is 0 Å². The second-order valence-electron chi connectivity index (χ2n) is 2.02. The molecule has 0 aliphatic rings. The fourth-order valence-electron chi connectivity index (χ4n) is 0.766. The molecule has 0 aromatic heterocycles. The van der Waals surface area contributed by atoms with Gasteiger partial charge in [-0.25, -0.2) is 0 Å². The maximum atomic E-state index is 9.27. The van der Waals surface area contributed by atoms with Gasteiger partial charge >= 0.3 is 0 Å². The molecule has 0 saturated carbocycles. The highest BCUT2D eigenvalue weighted by atomic mass is 79.9. The van der Waals surface area contributed by atoms with Crippen LogP contribution in [0.3, 0.4) is 0 Å². The van der Waals surface area contributed by atoms with E-state index in [1.807, 2.05) is 12.1 Å². The minimum Gasteiger partial charge on any atom is -0.507 e. The number of aromatic hydroxyl groups is 1. The zero-order valence-electron chi connectivity index (χ0n) is 6.17. The Morgan fingerprint density at radius 1 is 1.55 bits per heavy atom. The molecule has 0 spiro atoms. The molecule has 0 amide bonds. The van der Waals surface area contributed by atoms with Crippen molar-refractivity contribution in [3.63, 3.8) is 0 Å². The number of hydrogen-bond donors (Lipinski definition) is 1. The summed E-state index contributed by atoms with van der Waals surface area (Å²) in [4.78, 5) is 1.09. The van der Waals surface area contributed by atoms with Crippen LogP contribution in [-0.2, 0) is 0 Å². The molecule has 0 aliphatic carbocycles. The van der Waals surface area contributed by atoms with E-state index in [0.717, 1.165) is 15.1 Å². The summed E-state index contributed by atoms with van der Waals surface area (Å²) in [5.74, 6) is 1.32. The van der Waals surface area contributed by atoms with Crippen molar-refractivity contribution in [2.75, 3.05) is 5.75 Å². The van der Waals surface area contributed by atoms with Gasteiger partial charge in [-0.05, 0) is 33.8 Å². The van der Waals surface area contributed by atoms with Gasteiger partial charge in [0.1, 0.15) is 5.75 Å². The van der Waals surface area contributed by atoms with Gasteiger partial charge in [0.25, 0.3) is 0 Å². The molecule has 0 radical (unpaired) electrons. The number of halogens is 1. The van der Waals surface area contributed by atoms with Gasteiger partial charge in [-0.3, -0.25) is 0 Å². The Balaban J connectivity index is 2.96. The summed E-state index contributed by atoms with van der Waals surface area (Å²) < 4.78 is 0.798. The summed E-state index contributed by atoms with van der Waals surface area (Å²) in [6.45, 7) is 2.08. The highest BCUT2D eigenvalue weighted by Crippen LogP contribution is 2.33. The third-order valence-electron chi connectivity index (χ3n) is 1.24. The van der Waals surface area contributed by atoms with Crippen molar-refractivity contribution >= 4 is 27.7 Å². The van der Waals surface area contributed by atoms with Gasteiger partial charge in [-0.2, -0.15) is 0 Å². The lowest BCUT2D eigenvalue weighted by Crippen LogP contribution is -1.75. The van der Waals surface area contributed by atoms with Crippen LogP contribution in [0.2, 0.25) is 0 Å². The number of thioether (sulfide) groups is 1. The largest absolute Gasteiger partial charge is 0.507 e. The van der Waals surface area contributed by atoms with Crippen molar-refractivity contribution in [1.82, 2.24) is 0 Å². The number of rotatable bonds is 2. The van der Waals surface area contributed by atoms with Crippen LogP contribution in [0.5, 0.6) is 5.75 Å². The molecule has 0 fully saturated rings. The lowest BCUT2D eigenvalue weighted by molar-refractivity contribution is 0.470. The Bertz CT molecular complexity index is 250. The Labute approximate surface area is 78.9 Å². The van der Waals surface area contributed by atoms with E-state index in [1.54, 1.807) is 17.8 Å². The quantitative estimate of drug-likeness (QED) is 0.791. The van der Waals surface area contributed by atoms with Crippen LogP contribution in [0.25, 0.3) is 0 Å². The fourth-order valence-corrected chi connectivity index (χ4v) is 2.09. The Hall–Kier alpha value is -0.150. The van der Waals surface area contributed by atoms with Crippen LogP contribution < -0.4 is 0 Å². The number of phenols is 1. The van der Waals surface area contributed by atoms with Crippen LogP contribution in [0.4, 0.5) is 0 Å². The van der Waals surface area contributed by atoms with Crippen molar-refractivity contribution in [2.24, 2.45) is 0 Å². The average molecular weight is 233 g/mol. The van der Waals surface area contributed by atoms with Crippen molar-refractivity contribution in [3.8, 4) is 5.75 Å². The summed E-state index contributed by atoms with van der Waals surface area (Å²) in [5.41, 5.74) is 0. The molecule has 1 N–H and O–H groups in total. The zero-order chi connectivity index (χ0) is 8.27. The Morgan fingerprint density at radius 2 is 2.27 bits per heavy atom. The summed E-state index contributed by atoms with van der Waals surface area (Å²) in [7, 11) is 0. The molecule has 0 aliphatic heterocycles. The molecular formula is C8H9BrOS. The standard InChI is InChI=1S/C8H9BrOS/c1-2-11-7-5-3-4-6(10)8(7)9/h3-5,10H,2H2,1H3. The van der Waals surface area contributed by atoms with Crippen LogP contribution >= 0.6 is 27.7 Å². The molecule has 1 aromatic rings. The maximum absolute atomic E-state index is 9.27. The van der Waals surface area contributed by atoms with E-state index in [9.17, 15) is 5.11 Å². The molecule has 0 unspecified atom stereocenters. The monoisotopic (exact) mass is 232 g/mol. The summed E-state index contributed by atoms with van der Waals surface area (Å²) >= 11 is 5.02. The third kappa shape index (κ3) is 2.14. The fraction of sp³-hybridized carbons (Fsp3) is 0.250. The minimum atomic E-state index is 0.309. The van der Waals surface area contributed by atoms with E-state index in [0.29, 0.717) is 5.75 Å². The summed E-state index contributed by atoms with van der Waals surface area (Å²) in [6, 6.07) is 5.50. The van der Waals surface area contributed by atoms with Gasteiger partial charge in [0.15, 0.2) is 0 Å². The van der Waals surface area contributed by atoms with Crippen molar-refractivity contribution < 1.29 is 5.11 Å². The van der Waals surface area contributed by atoms with E-state index in [-0.39, 0.29) is 0 Å². The normalized spacial score (nSPS) is 10.0. The Kier molecular flexibility index (Phi) is 3.27. The Morgan fingerprint density at radius 3 is 2.91 bits per heavy atom. The third-order valence-corrected chi connectivity index (χ3v) is 3.28. The molecule has 0 saturated heterocycles. The predicted octanol–water partition coefficient (Wildman–Crippen LogP) is 3.27. The number of hydrogen-bond acceptors (Lipinski definition) is 2. The van der Waals surface area contributed by atoms with E-state index >= 15 is 0 Å². The van der Waals surface area contributed by atoms with Gasteiger partial charge < -0.3 is 5.11 Å². The molecule has 1 rings (SSSR count). The van der Waals surface area contributed by atoms with Gasteiger partial charge in [0, 0.05) is 4.90 Å². The lowest BCUT2D eigenvalue weighted by Gasteiger charge is -2.02. The lowest BCUT2D eigenvalue weighted by atomic mass is 10.3. The summed E-state index contributed by atoms with van der Waals surface area (Å²) in [5, 5.41) is 9.27. The van der Waals surface area contributed by atoms with Crippen LogP contribution in [0.1, 0.15) is 6.92 Å². The van der Waals surface area contributed by atoms with E-state index in [2.05, 4.69) is 22.9 Å². The molecule has 0 bridgehead atoms. The first-order valence-corrected chi connectivity index (χ1v) is 5.14. The maximum Gasteiger partial charge on any atom is 0.130 e. The SMILES string of the molecule is CCSc1cccc(O)c1Br. The second-order valence-corrected chi connectivity index (χ2v) is 4.12. The van der Waals surface area contributed by atoms with Crippen molar-refractivity contribution in [3.05, 3.63) is 22.7 Å². The van der Waals surface area contributed by atoms with Crippen LogP contribution in [0.15, 0.2) is 27.6 Å². The second kappa shape index (κ2) is 4.02. The minimum absolute atomic E-state index is 0.309. The van der Waals surface area contributed by atoms with Crippen molar-refractivity contribution in [1.29, 1.82) is 0 Å². The molecule has 60 valence electrons. The van der Waals surface area contributed by atoms with Gasteiger partial charge in [0.05, 0.1) is 4.47 Å². The van der Waals surface area contributed by atoms with E-state index in [1.165, 1.54) is 0 Å². The molecule has 0 heterocycles. The van der Waals surface area contributed by atoms with Crippen molar-refractivity contribution in [2.45, 2.75) is 11.8 Å². The van der Waals surface area contributed by atoms with Gasteiger partial charge in [-0.15, -0.1) is 11.8 Å². The molecule has 0 atom stereocenters. The number of phenolic OH excluding ortho intramolecular Hbond substituents is 1. The highest BCUT2D eigenvalue weighted by Gasteiger charge is 2.02. The predicted molar refractivity (Wildman–Crippen MR) is 52.2 cm³/mol.